The highest BCUT2D eigenvalue weighted by molar-refractivity contribution is 14.0. The van der Waals surface area contributed by atoms with Crippen molar-refractivity contribution in [3.05, 3.63) is 29.8 Å². The van der Waals surface area contributed by atoms with Crippen LogP contribution in [-0.4, -0.2) is 74.9 Å². The zero-order chi connectivity index (χ0) is 21.1. The Morgan fingerprint density at radius 1 is 1.30 bits per heavy atom. The molecule has 1 saturated heterocycles. The van der Waals surface area contributed by atoms with Gasteiger partial charge in [0.05, 0.1) is 0 Å². The highest BCUT2D eigenvalue weighted by Crippen LogP contribution is 2.19. The molecule has 0 atom stereocenters. The van der Waals surface area contributed by atoms with E-state index in [2.05, 4.69) is 59.8 Å². The summed E-state index contributed by atoms with van der Waals surface area (Å²) in [6, 6.07) is 8.87. The van der Waals surface area contributed by atoms with Crippen LogP contribution in [0.2, 0.25) is 0 Å². The van der Waals surface area contributed by atoms with Gasteiger partial charge in [-0.1, -0.05) is 12.1 Å². The minimum Gasteiger partial charge on any atom is -0.492 e. The van der Waals surface area contributed by atoms with Crippen LogP contribution in [0.15, 0.2) is 29.3 Å². The number of hydrogen-bond acceptors (Lipinski definition) is 5. The van der Waals surface area contributed by atoms with Crippen molar-refractivity contribution in [2.45, 2.75) is 44.0 Å². The summed E-state index contributed by atoms with van der Waals surface area (Å²) in [6.45, 7) is 9.37. The summed E-state index contributed by atoms with van der Waals surface area (Å²) in [4.78, 5) is 6.70. The van der Waals surface area contributed by atoms with E-state index in [4.69, 9.17) is 9.47 Å². The van der Waals surface area contributed by atoms with E-state index >= 15 is 0 Å². The van der Waals surface area contributed by atoms with Gasteiger partial charge in [0.2, 0.25) is 0 Å². The molecule has 0 radical (unpaired) electrons. The van der Waals surface area contributed by atoms with E-state index in [0.717, 1.165) is 50.9 Å². The number of benzene rings is 1. The molecule has 1 aliphatic rings. The van der Waals surface area contributed by atoms with Gasteiger partial charge in [0.1, 0.15) is 12.4 Å². The first kappa shape index (κ1) is 27.3. The van der Waals surface area contributed by atoms with E-state index in [1.807, 2.05) is 23.9 Å². The summed E-state index contributed by atoms with van der Waals surface area (Å²) < 4.78 is 11.6. The van der Waals surface area contributed by atoms with E-state index in [-0.39, 0.29) is 28.7 Å². The van der Waals surface area contributed by atoms with Gasteiger partial charge in [0.15, 0.2) is 5.96 Å². The van der Waals surface area contributed by atoms with Crippen LogP contribution in [0, 0.1) is 0 Å². The normalized spacial score (nSPS) is 15.6. The molecule has 172 valence electrons. The second-order valence-electron chi connectivity index (χ2n) is 8.06. The quantitative estimate of drug-likeness (QED) is 0.264. The van der Waals surface area contributed by atoms with Crippen LogP contribution < -0.4 is 15.4 Å². The molecule has 1 aliphatic heterocycles. The van der Waals surface area contributed by atoms with Gasteiger partial charge in [0, 0.05) is 50.7 Å². The largest absolute Gasteiger partial charge is 0.492 e. The van der Waals surface area contributed by atoms with Gasteiger partial charge in [-0.15, -0.1) is 24.0 Å². The first-order valence-electron chi connectivity index (χ1n) is 10.4. The van der Waals surface area contributed by atoms with Crippen molar-refractivity contribution in [2.24, 2.45) is 4.99 Å². The number of nitrogens with one attached hydrogen (secondary N) is 2. The van der Waals surface area contributed by atoms with Crippen LogP contribution in [0.4, 0.5) is 0 Å². The third-order valence-corrected chi connectivity index (χ3v) is 6.59. The molecule has 1 aromatic rings. The van der Waals surface area contributed by atoms with Crippen LogP contribution in [0.3, 0.4) is 0 Å². The molecule has 1 heterocycles. The van der Waals surface area contributed by atoms with Crippen LogP contribution >= 0.6 is 35.7 Å². The number of thioether (sulfide) groups is 1. The number of nitrogens with zero attached hydrogens (tertiary/aromatic N) is 2. The first-order valence-corrected chi connectivity index (χ1v) is 11.7. The van der Waals surface area contributed by atoms with Gasteiger partial charge in [-0.3, -0.25) is 9.89 Å². The maximum atomic E-state index is 6.00. The van der Waals surface area contributed by atoms with Crippen molar-refractivity contribution in [3.8, 4) is 5.75 Å². The molecule has 0 saturated carbocycles. The Bertz CT molecular complexity index is 639. The zero-order valence-corrected chi connectivity index (χ0v) is 22.2. The summed E-state index contributed by atoms with van der Waals surface area (Å²) in [6.07, 6.45) is 4.35. The lowest BCUT2D eigenvalue weighted by Gasteiger charge is -2.31. The zero-order valence-electron chi connectivity index (χ0n) is 19.1. The molecule has 0 bridgehead atoms. The minimum atomic E-state index is 0. The lowest BCUT2D eigenvalue weighted by Crippen LogP contribution is -2.42. The fourth-order valence-corrected chi connectivity index (χ4v) is 3.35. The molecule has 0 unspecified atom stereocenters. The minimum absolute atomic E-state index is 0. The van der Waals surface area contributed by atoms with Gasteiger partial charge < -0.3 is 20.1 Å². The Morgan fingerprint density at radius 3 is 2.70 bits per heavy atom. The Hall–Kier alpha value is -0.710. The molecule has 8 heteroatoms. The predicted molar refractivity (Wildman–Crippen MR) is 140 cm³/mol. The van der Waals surface area contributed by atoms with Crippen molar-refractivity contribution < 1.29 is 9.47 Å². The van der Waals surface area contributed by atoms with E-state index in [1.165, 1.54) is 5.56 Å². The van der Waals surface area contributed by atoms with Crippen molar-refractivity contribution in [1.29, 1.82) is 0 Å². The predicted octanol–water partition coefficient (Wildman–Crippen LogP) is 3.60. The second kappa shape index (κ2) is 14.4. The maximum Gasteiger partial charge on any atom is 0.191 e. The number of guanidine groups is 1. The smallest absolute Gasteiger partial charge is 0.191 e. The number of rotatable bonds is 10. The molecule has 30 heavy (non-hydrogen) atoms. The van der Waals surface area contributed by atoms with Crippen LogP contribution in [0.5, 0.6) is 5.75 Å². The lowest BCUT2D eigenvalue weighted by atomic mass is 10.1. The average Bonchev–Trinajstić information content (AvgIpc) is 2.74. The molecule has 0 aliphatic carbocycles. The first-order chi connectivity index (χ1) is 13.9. The fourth-order valence-electron chi connectivity index (χ4n) is 3.14. The average molecular weight is 551 g/mol. The molecular formula is C22H39IN4O2S. The van der Waals surface area contributed by atoms with Crippen LogP contribution in [-0.2, 0) is 11.3 Å². The molecule has 2 N–H and O–H groups in total. The number of aliphatic imine (C=N–C) groups is 1. The van der Waals surface area contributed by atoms with Gasteiger partial charge in [0.25, 0.3) is 0 Å². The van der Waals surface area contributed by atoms with Gasteiger partial charge in [-0.25, -0.2) is 0 Å². The fraction of sp³-hybridized carbons (Fsp3) is 0.682. The number of hydrogen-bond donors (Lipinski definition) is 2. The molecule has 6 nitrogen and oxygen atoms in total. The Labute approximate surface area is 204 Å². The summed E-state index contributed by atoms with van der Waals surface area (Å²) in [5.74, 6) is 1.73. The monoisotopic (exact) mass is 550 g/mol. The van der Waals surface area contributed by atoms with Crippen molar-refractivity contribution >= 4 is 41.7 Å². The van der Waals surface area contributed by atoms with E-state index < -0.39 is 0 Å². The highest BCUT2D eigenvalue weighted by Gasteiger charge is 2.18. The standard InChI is InChI=1S/C22H38N4O2S.HI/c1-22(2,29-5)17-25-21(23-3)24-16-18-7-6-8-20(15-18)28-14-11-26(4)19-9-12-27-13-10-19;/h6-8,15,19H,9-14,16-17H2,1-5H3,(H2,23,24,25);1H. The van der Waals surface area contributed by atoms with Crippen molar-refractivity contribution in [2.75, 3.05) is 53.3 Å². The Kier molecular flexibility index (Phi) is 13.1. The summed E-state index contributed by atoms with van der Waals surface area (Å²) >= 11 is 1.84. The Balaban J connectivity index is 0.00000450. The SMILES string of the molecule is CN=C(NCc1cccc(OCCN(C)C2CCOCC2)c1)NCC(C)(C)SC.I. The van der Waals surface area contributed by atoms with Gasteiger partial charge in [-0.05, 0) is 57.7 Å². The maximum absolute atomic E-state index is 6.00. The third-order valence-electron chi connectivity index (χ3n) is 5.34. The molecule has 1 aromatic carbocycles. The van der Waals surface area contributed by atoms with Gasteiger partial charge in [-0.2, -0.15) is 11.8 Å². The molecule has 0 amide bonds. The molecule has 0 aromatic heterocycles. The summed E-state index contributed by atoms with van der Waals surface area (Å²) in [5.41, 5.74) is 1.17. The molecule has 2 rings (SSSR count). The topological polar surface area (TPSA) is 58.1 Å². The summed E-state index contributed by atoms with van der Waals surface area (Å²) in [7, 11) is 3.98. The van der Waals surface area contributed by atoms with Crippen molar-refractivity contribution in [3.63, 3.8) is 0 Å². The lowest BCUT2D eigenvalue weighted by molar-refractivity contribution is 0.0392. The molecule has 1 fully saturated rings. The third kappa shape index (κ3) is 10.1. The number of ether oxygens (including phenoxy) is 2. The number of likely N-dealkylation sites (N-methyl/N-ethyl adjacent to an activating group) is 1. The van der Waals surface area contributed by atoms with E-state index in [1.54, 1.807) is 7.05 Å². The van der Waals surface area contributed by atoms with Crippen LogP contribution in [0.1, 0.15) is 32.3 Å². The van der Waals surface area contributed by atoms with Crippen LogP contribution in [0.25, 0.3) is 0 Å². The van der Waals surface area contributed by atoms with Gasteiger partial charge >= 0.3 is 0 Å². The molecular weight excluding hydrogens is 511 g/mol. The van der Waals surface area contributed by atoms with Crippen molar-refractivity contribution in [1.82, 2.24) is 15.5 Å². The second-order valence-corrected chi connectivity index (χ2v) is 9.58. The van der Waals surface area contributed by atoms with E-state index in [9.17, 15) is 0 Å². The number of halogens is 1. The highest BCUT2D eigenvalue weighted by atomic mass is 127. The molecule has 0 spiro atoms. The Morgan fingerprint density at radius 2 is 2.03 bits per heavy atom. The van der Waals surface area contributed by atoms with E-state index in [0.29, 0.717) is 19.2 Å². The summed E-state index contributed by atoms with van der Waals surface area (Å²) in [5, 5.41) is 6.78.